The lowest BCUT2D eigenvalue weighted by Crippen LogP contribution is -2.24. The fraction of sp³-hybridized carbons (Fsp3) is 0.400. The summed E-state index contributed by atoms with van der Waals surface area (Å²) in [5.74, 6) is -0.338. The molecule has 148 valence electrons. The minimum Gasteiger partial charge on any atom is -0.323 e. The molecule has 2 amide bonds. The molecule has 0 bridgehead atoms. The van der Waals surface area contributed by atoms with Gasteiger partial charge in [0, 0.05) is 32.0 Å². The number of hydrogen-bond donors (Lipinski definition) is 1. The summed E-state index contributed by atoms with van der Waals surface area (Å²) >= 11 is 0. The van der Waals surface area contributed by atoms with Crippen molar-refractivity contribution in [3.8, 4) is 0 Å². The number of hydrogen-bond acceptors (Lipinski definition) is 5. The summed E-state index contributed by atoms with van der Waals surface area (Å²) in [5.41, 5.74) is 2.58. The monoisotopic (exact) mass is 382 g/mol. The van der Waals surface area contributed by atoms with Gasteiger partial charge < -0.3 is 10.2 Å². The van der Waals surface area contributed by atoms with Gasteiger partial charge in [0.2, 0.25) is 11.8 Å². The van der Waals surface area contributed by atoms with E-state index >= 15 is 0 Å². The third-order valence-electron chi connectivity index (χ3n) is 4.46. The van der Waals surface area contributed by atoms with Crippen molar-refractivity contribution in [3.63, 3.8) is 0 Å². The highest BCUT2D eigenvalue weighted by atomic mass is 16.2. The van der Waals surface area contributed by atoms with Crippen LogP contribution in [-0.2, 0) is 16.1 Å². The fourth-order valence-corrected chi connectivity index (χ4v) is 2.90. The Hall–Kier alpha value is -3.00. The first-order valence-electron chi connectivity index (χ1n) is 9.41. The van der Waals surface area contributed by atoms with Crippen LogP contribution in [0.1, 0.15) is 24.8 Å². The van der Waals surface area contributed by atoms with Gasteiger partial charge in [-0.05, 0) is 19.7 Å². The lowest BCUT2D eigenvalue weighted by Gasteiger charge is -2.11. The van der Waals surface area contributed by atoms with Gasteiger partial charge in [0.05, 0.1) is 30.7 Å². The van der Waals surface area contributed by atoms with E-state index in [4.69, 9.17) is 0 Å². The number of nitrogens with zero attached hydrogens (tertiary/aromatic N) is 5. The van der Waals surface area contributed by atoms with E-state index in [2.05, 4.69) is 20.4 Å². The van der Waals surface area contributed by atoms with Crippen LogP contribution in [-0.4, -0.2) is 64.4 Å². The minimum atomic E-state index is -0.202. The molecule has 28 heavy (non-hydrogen) atoms. The number of hydrazone groups is 1. The lowest BCUT2D eigenvalue weighted by atomic mass is 10.1. The zero-order valence-electron chi connectivity index (χ0n) is 16.3. The molecule has 1 aromatic heterocycles. The van der Waals surface area contributed by atoms with Gasteiger partial charge >= 0.3 is 0 Å². The molecule has 2 aromatic rings. The van der Waals surface area contributed by atoms with Crippen molar-refractivity contribution in [2.45, 2.75) is 25.8 Å². The third kappa shape index (κ3) is 5.50. The smallest absolute Gasteiger partial charge is 0.243 e. The van der Waals surface area contributed by atoms with E-state index in [-0.39, 0.29) is 24.7 Å². The molecule has 0 unspecified atom stereocenters. The fourth-order valence-electron chi connectivity index (χ4n) is 2.90. The molecule has 1 N–H and O–H groups in total. The summed E-state index contributed by atoms with van der Waals surface area (Å²) in [4.78, 5) is 26.5. The molecule has 0 aliphatic carbocycles. The number of amides is 2. The van der Waals surface area contributed by atoms with Crippen LogP contribution in [0.3, 0.4) is 0 Å². The molecule has 0 spiro atoms. The molecule has 2 heterocycles. The molecule has 3 rings (SSSR count). The Morgan fingerprint density at radius 3 is 2.71 bits per heavy atom. The zero-order chi connectivity index (χ0) is 19.9. The van der Waals surface area contributed by atoms with Gasteiger partial charge in [-0.3, -0.25) is 14.3 Å². The Morgan fingerprint density at radius 2 is 1.96 bits per heavy atom. The maximum Gasteiger partial charge on any atom is 0.243 e. The van der Waals surface area contributed by atoms with E-state index in [0.29, 0.717) is 12.2 Å². The molecular formula is C20H26N6O2. The van der Waals surface area contributed by atoms with E-state index < -0.39 is 0 Å². The summed E-state index contributed by atoms with van der Waals surface area (Å²) in [6.07, 6.45) is 4.39. The Balaban J connectivity index is 1.44. The molecule has 0 atom stereocenters. The van der Waals surface area contributed by atoms with E-state index in [1.54, 1.807) is 17.1 Å². The number of benzene rings is 1. The highest BCUT2D eigenvalue weighted by Crippen LogP contribution is 2.15. The van der Waals surface area contributed by atoms with Gasteiger partial charge in [0.25, 0.3) is 0 Å². The van der Waals surface area contributed by atoms with Crippen molar-refractivity contribution in [1.29, 1.82) is 0 Å². The second-order valence-electron chi connectivity index (χ2n) is 7.02. The van der Waals surface area contributed by atoms with Crippen LogP contribution in [0.15, 0.2) is 47.8 Å². The number of aromatic nitrogens is 2. The van der Waals surface area contributed by atoms with Crippen molar-refractivity contribution < 1.29 is 9.59 Å². The Bertz CT molecular complexity index is 843. The summed E-state index contributed by atoms with van der Waals surface area (Å²) < 4.78 is 1.78. The highest BCUT2D eigenvalue weighted by Gasteiger charge is 2.22. The summed E-state index contributed by atoms with van der Waals surface area (Å²) in [6.45, 7) is 2.17. The SMILES string of the molecule is CN(C)CCn1cc(NC(=O)CCC(=O)N2CCC(c3ccccc3)=N2)cn1. The Morgan fingerprint density at radius 1 is 1.18 bits per heavy atom. The van der Waals surface area contributed by atoms with E-state index in [1.165, 1.54) is 5.01 Å². The maximum absolute atomic E-state index is 12.3. The average Bonchev–Trinajstić information content (AvgIpc) is 3.35. The molecule has 0 radical (unpaired) electrons. The normalized spacial score (nSPS) is 13.7. The topological polar surface area (TPSA) is 82.8 Å². The summed E-state index contributed by atoms with van der Waals surface area (Å²) in [7, 11) is 3.99. The molecule has 8 nitrogen and oxygen atoms in total. The first-order valence-corrected chi connectivity index (χ1v) is 9.41. The van der Waals surface area contributed by atoms with E-state index in [9.17, 15) is 9.59 Å². The predicted octanol–water partition coefficient (Wildman–Crippen LogP) is 1.80. The quantitative estimate of drug-likeness (QED) is 0.755. The zero-order valence-corrected chi connectivity index (χ0v) is 16.3. The van der Waals surface area contributed by atoms with E-state index in [0.717, 1.165) is 30.8 Å². The van der Waals surface area contributed by atoms with Crippen LogP contribution in [0.5, 0.6) is 0 Å². The minimum absolute atomic E-state index is 0.119. The highest BCUT2D eigenvalue weighted by molar-refractivity contribution is 6.02. The molecule has 0 saturated heterocycles. The molecule has 1 aromatic carbocycles. The first kappa shape index (κ1) is 19.8. The molecule has 1 aliphatic rings. The van der Waals surface area contributed by atoms with Crippen molar-refractivity contribution in [1.82, 2.24) is 19.7 Å². The van der Waals surface area contributed by atoms with Crippen LogP contribution in [0, 0.1) is 0 Å². The molecule has 0 fully saturated rings. The standard InChI is InChI=1S/C20H26N6O2/c1-24(2)12-13-25-15-17(14-21-25)22-19(27)8-9-20(28)26-11-10-18(23-26)16-6-4-3-5-7-16/h3-7,14-15H,8-13H2,1-2H3,(H,22,27). The van der Waals surface area contributed by atoms with Gasteiger partial charge in [-0.25, -0.2) is 5.01 Å². The van der Waals surface area contributed by atoms with Crippen LogP contribution >= 0.6 is 0 Å². The predicted molar refractivity (Wildman–Crippen MR) is 108 cm³/mol. The van der Waals surface area contributed by atoms with Crippen molar-refractivity contribution in [2.24, 2.45) is 5.10 Å². The second kappa shape index (κ2) is 9.27. The van der Waals surface area contributed by atoms with E-state index in [1.807, 2.05) is 44.4 Å². The number of likely N-dealkylation sites (N-methyl/N-ethyl adjacent to an activating group) is 1. The van der Waals surface area contributed by atoms with Crippen molar-refractivity contribution >= 4 is 23.2 Å². The third-order valence-corrected chi connectivity index (χ3v) is 4.46. The number of carbonyl (C=O) groups excluding carboxylic acids is 2. The van der Waals surface area contributed by atoms with Crippen molar-refractivity contribution in [3.05, 3.63) is 48.3 Å². The van der Waals surface area contributed by atoms with Gasteiger partial charge in [0.1, 0.15) is 0 Å². The van der Waals surface area contributed by atoms with Gasteiger partial charge in [0.15, 0.2) is 0 Å². The average molecular weight is 382 g/mol. The van der Waals surface area contributed by atoms with Gasteiger partial charge in [-0.15, -0.1) is 0 Å². The molecular weight excluding hydrogens is 356 g/mol. The molecule has 8 heteroatoms. The maximum atomic E-state index is 12.3. The first-order chi connectivity index (χ1) is 13.5. The van der Waals surface area contributed by atoms with Crippen LogP contribution in [0.2, 0.25) is 0 Å². The largest absolute Gasteiger partial charge is 0.323 e. The van der Waals surface area contributed by atoms with Crippen LogP contribution in [0.4, 0.5) is 5.69 Å². The Kier molecular flexibility index (Phi) is 6.54. The van der Waals surface area contributed by atoms with Crippen molar-refractivity contribution in [2.75, 3.05) is 32.5 Å². The van der Waals surface area contributed by atoms with Gasteiger partial charge in [-0.2, -0.15) is 10.2 Å². The van der Waals surface area contributed by atoms with Crippen LogP contribution < -0.4 is 5.32 Å². The number of nitrogens with one attached hydrogen (secondary N) is 1. The number of carbonyl (C=O) groups is 2. The number of rotatable bonds is 8. The molecule has 0 saturated carbocycles. The Labute approximate surface area is 164 Å². The second-order valence-corrected chi connectivity index (χ2v) is 7.02. The molecule has 1 aliphatic heterocycles. The van der Waals surface area contributed by atoms with Crippen LogP contribution in [0.25, 0.3) is 0 Å². The lowest BCUT2D eigenvalue weighted by molar-refractivity contribution is -0.132. The number of anilines is 1. The summed E-state index contributed by atoms with van der Waals surface area (Å²) in [6, 6.07) is 9.83. The summed E-state index contributed by atoms with van der Waals surface area (Å²) in [5, 5.41) is 12.9. The van der Waals surface area contributed by atoms with Gasteiger partial charge in [-0.1, -0.05) is 30.3 Å².